The van der Waals surface area contributed by atoms with Gasteiger partial charge in [-0.3, -0.25) is 9.59 Å². The zero-order valence-corrected chi connectivity index (χ0v) is 13.3. The summed E-state index contributed by atoms with van der Waals surface area (Å²) in [6, 6.07) is 0. The van der Waals surface area contributed by atoms with Gasteiger partial charge in [-0.05, 0) is 17.6 Å². The highest BCUT2D eigenvalue weighted by Gasteiger charge is 2.27. The highest BCUT2D eigenvalue weighted by molar-refractivity contribution is 7.99. The van der Waals surface area contributed by atoms with Crippen molar-refractivity contribution in [1.29, 1.82) is 0 Å². The minimum Gasteiger partial charge on any atom is -0.354 e. The van der Waals surface area contributed by atoms with Gasteiger partial charge >= 0.3 is 0 Å². The Balaban J connectivity index is 2.09. The third kappa shape index (κ3) is 6.32. The van der Waals surface area contributed by atoms with Crippen molar-refractivity contribution in [1.82, 2.24) is 10.2 Å². The first-order valence-electron chi connectivity index (χ1n) is 6.93. The molecule has 0 aromatic rings. The number of nitrogens with zero attached hydrogens (tertiary/aromatic N) is 1. The van der Waals surface area contributed by atoms with Gasteiger partial charge < -0.3 is 10.2 Å². The minimum absolute atomic E-state index is 0.0638. The highest BCUT2D eigenvalue weighted by atomic mass is 32.2. The number of hydrogen-bond acceptors (Lipinski definition) is 3. The first-order chi connectivity index (χ1) is 8.79. The summed E-state index contributed by atoms with van der Waals surface area (Å²) in [5.74, 6) is 1.91. The van der Waals surface area contributed by atoms with E-state index in [9.17, 15) is 9.59 Å². The van der Waals surface area contributed by atoms with Crippen molar-refractivity contribution < 1.29 is 9.59 Å². The van der Waals surface area contributed by atoms with E-state index in [-0.39, 0.29) is 23.1 Å². The second kappa shape index (κ2) is 7.17. The molecule has 0 aromatic heterocycles. The van der Waals surface area contributed by atoms with Crippen LogP contribution in [-0.2, 0) is 9.59 Å². The molecule has 0 bridgehead atoms. The lowest BCUT2D eigenvalue weighted by molar-refractivity contribution is -0.130. The number of hydrogen-bond donors (Lipinski definition) is 1. The smallest absolute Gasteiger partial charge is 0.230 e. The molecule has 4 nitrogen and oxygen atoms in total. The Bertz CT molecular complexity index is 326. The number of nitrogens with one attached hydrogen (secondary N) is 1. The van der Waals surface area contributed by atoms with Crippen LogP contribution >= 0.6 is 11.8 Å². The van der Waals surface area contributed by atoms with Crippen LogP contribution in [0.15, 0.2) is 0 Å². The van der Waals surface area contributed by atoms with Crippen LogP contribution in [-0.4, -0.2) is 47.9 Å². The molecule has 0 aromatic carbocycles. The van der Waals surface area contributed by atoms with E-state index < -0.39 is 0 Å². The maximum absolute atomic E-state index is 11.7. The van der Waals surface area contributed by atoms with Gasteiger partial charge in [-0.2, -0.15) is 11.8 Å². The van der Waals surface area contributed by atoms with Crippen LogP contribution < -0.4 is 5.32 Å². The van der Waals surface area contributed by atoms with Gasteiger partial charge in [0.05, 0.1) is 5.75 Å². The largest absolute Gasteiger partial charge is 0.354 e. The van der Waals surface area contributed by atoms with Crippen molar-refractivity contribution in [2.75, 3.05) is 31.1 Å². The summed E-state index contributed by atoms with van der Waals surface area (Å²) in [7, 11) is 0. The molecule has 110 valence electrons. The van der Waals surface area contributed by atoms with Crippen LogP contribution in [0.5, 0.6) is 0 Å². The number of carbonyl (C=O) groups excluding carboxylic acids is 2. The van der Waals surface area contributed by atoms with Gasteiger partial charge in [-0.15, -0.1) is 0 Å². The van der Waals surface area contributed by atoms with E-state index >= 15 is 0 Å². The average molecular weight is 286 g/mol. The van der Waals surface area contributed by atoms with Crippen LogP contribution in [0.4, 0.5) is 0 Å². The molecule has 0 unspecified atom stereocenters. The van der Waals surface area contributed by atoms with E-state index in [2.05, 4.69) is 26.1 Å². The Kier molecular flexibility index (Phi) is 6.17. The summed E-state index contributed by atoms with van der Waals surface area (Å²) in [4.78, 5) is 25.1. The van der Waals surface area contributed by atoms with E-state index in [4.69, 9.17) is 0 Å². The van der Waals surface area contributed by atoms with Gasteiger partial charge in [0.15, 0.2) is 0 Å². The van der Waals surface area contributed by atoms with E-state index in [1.165, 1.54) is 0 Å². The Labute approximate surface area is 120 Å². The van der Waals surface area contributed by atoms with Crippen LogP contribution in [0.25, 0.3) is 0 Å². The van der Waals surface area contributed by atoms with Gasteiger partial charge in [0.2, 0.25) is 11.8 Å². The molecule has 1 atom stereocenters. The minimum atomic E-state index is 0.0638. The normalized spacial score (nSPS) is 19.9. The molecule has 1 heterocycles. The standard InChI is InChI=1S/C14H26N2O2S/c1-11-5-7-16(13(11)18)8-6-15-12(17)9-19-10-14(2,3)4/h11H,5-10H2,1-4H3,(H,15,17)/t11-/m0/s1. The van der Waals surface area contributed by atoms with Crippen molar-refractivity contribution >= 4 is 23.6 Å². The molecular weight excluding hydrogens is 260 g/mol. The van der Waals surface area contributed by atoms with Gasteiger partial charge in [-0.1, -0.05) is 27.7 Å². The Morgan fingerprint density at radius 2 is 2.16 bits per heavy atom. The van der Waals surface area contributed by atoms with E-state index in [1.54, 1.807) is 11.8 Å². The quantitative estimate of drug-likeness (QED) is 0.809. The number of amides is 2. The van der Waals surface area contributed by atoms with Crippen molar-refractivity contribution in [2.45, 2.75) is 34.1 Å². The fraction of sp³-hybridized carbons (Fsp3) is 0.857. The molecular formula is C14H26N2O2S. The molecule has 1 N–H and O–H groups in total. The molecule has 1 aliphatic rings. The second-order valence-electron chi connectivity index (χ2n) is 6.42. The lowest BCUT2D eigenvalue weighted by Gasteiger charge is -2.18. The SMILES string of the molecule is C[C@H]1CCN(CCNC(=O)CSCC(C)(C)C)C1=O. The van der Waals surface area contributed by atoms with Crippen molar-refractivity contribution in [3.63, 3.8) is 0 Å². The van der Waals surface area contributed by atoms with Gasteiger partial charge in [-0.25, -0.2) is 0 Å². The van der Waals surface area contributed by atoms with Gasteiger partial charge in [0, 0.05) is 25.6 Å². The summed E-state index contributed by atoms with van der Waals surface area (Å²) in [5, 5.41) is 2.88. The second-order valence-corrected chi connectivity index (χ2v) is 7.40. The Morgan fingerprint density at radius 3 is 2.68 bits per heavy atom. The van der Waals surface area contributed by atoms with E-state index in [0.717, 1.165) is 18.7 Å². The molecule has 1 fully saturated rings. The number of likely N-dealkylation sites (tertiary alicyclic amines) is 1. The summed E-state index contributed by atoms with van der Waals surface area (Å²) in [6.07, 6.45) is 0.939. The number of carbonyl (C=O) groups is 2. The highest BCUT2D eigenvalue weighted by Crippen LogP contribution is 2.20. The van der Waals surface area contributed by atoms with Gasteiger partial charge in [0.25, 0.3) is 0 Å². The predicted molar refractivity (Wildman–Crippen MR) is 80.2 cm³/mol. The molecule has 0 saturated carbocycles. The monoisotopic (exact) mass is 286 g/mol. The lowest BCUT2D eigenvalue weighted by Crippen LogP contribution is -2.37. The molecule has 0 aliphatic carbocycles. The van der Waals surface area contributed by atoms with Crippen LogP contribution in [0.3, 0.4) is 0 Å². The summed E-state index contributed by atoms with van der Waals surface area (Å²) in [6.45, 7) is 10.5. The molecule has 2 amide bonds. The fourth-order valence-electron chi connectivity index (χ4n) is 1.95. The molecule has 0 radical (unpaired) electrons. The van der Waals surface area contributed by atoms with Crippen molar-refractivity contribution in [2.24, 2.45) is 11.3 Å². The Morgan fingerprint density at radius 1 is 1.47 bits per heavy atom. The van der Waals surface area contributed by atoms with Gasteiger partial charge in [0.1, 0.15) is 0 Å². The molecule has 5 heteroatoms. The average Bonchev–Trinajstić information content (AvgIpc) is 2.59. The van der Waals surface area contributed by atoms with Crippen LogP contribution in [0.1, 0.15) is 34.1 Å². The zero-order valence-electron chi connectivity index (χ0n) is 12.5. The molecule has 1 aliphatic heterocycles. The summed E-state index contributed by atoms with van der Waals surface area (Å²) in [5.41, 5.74) is 0.253. The maximum Gasteiger partial charge on any atom is 0.230 e. The lowest BCUT2D eigenvalue weighted by atomic mass is 10.0. The number of thioether (sulfide) groups is 1. The van der Waals surface area contributed by atoms with Crippen molar-refractivity contribution in [3.8, 4) is 0 Å². The summed E-state index contributed by atoms with van der Waals surface area (Å²) < 4.78 is 0. The molecule has 1 rings (SSSR count). The first-order valence-corrected chi connectivity index (χ1v) is 8.08. The predicted octanol–water partition coefficient (Wildman–Crippen LogP) is 1.75. The fourth-order valence-corrected chi connectivity index (χ4v) is 2.95. The van der Waals surface area contributed by atoms with E-state index in [0.29, 0.717) is 18.8 Å². The third-order valence-corrected chi connectivity index (χ3v) is 4.57. The van der Waals surface area contributed by atoms with Crippen LogP contribution in [0.2, 0.25) is 0 Å². The topological polar surface area (TPSA) is 49.4 Å². The first kappa shape index (κ1) is 16.3. The molecule has 19 heavy (non-hydrogen) atoms. The van der Waals surface area contributed by atoms with E-state index in [1.807, 2.05) is 11.8 Å². The van der Waals surface area contributed by atoms with Crippen LogP contribution in [0, 0.1) is 11.3 Å². The Hall–Kier alpha value is -0.710. The third-order valence-electron chi connectivity index (χ3n) is 3.04. The summed E-state index contributed by atoms with van der Waals surface area (Å²) >= 11 is 1.66. The molecule has 1 saturated heterocycles. The van der Waals surface area contributed by atoms with Crippen molar-refractivity contribution in [3.05, 3.63) is 0 Å². The molecule has 0 spiro atoms. The maximum atomic E-state index is 11.7. The number of rotatable bonds is 6. The zero-order chi connectivity index (χ0) is 14.5.